The van der Waals surface area contributed by atoms with Gasteiger partial charge in [-0.2, -0.15) is 0 Å². The standard InChI is InChI=1S/C14H22N4OS/c1-9-6-10(2)17-14(16-9)20-8-13(19)18-12-5-3-4-11(12)7-15/h6,11-12H,3-5,7-8,15H2,1-2H3,(H,18,19). The van der Waals surface area contributed by atoms with E-state index < -0.39 is 0 Å². The lowest BCUT2D eigenvalue weighted by molar-refractivity contribution is -0.119. The Bertz CT molecular complexity index is 460. The molecule has 110 valence electrons. The summed E-state index contributed by atoms with van der Waals surface area (Å²) >= 11 is 1.38. The first-order chi connectivity index (χ1) is 9.58. The fourth-order valence-electron chi connectivity index (χ4n) is 2.65. The number of nitrogens with two attached hydrogens (primary N) is 1. The predicted molar refractivity (Wildman–Crippen MR) is 80.6 cm³/mol. The number of hydrogen-bond donors (Lipinski definition) is 2. The van der Waals surface area contributed by atoms with Crippen LogP contribution in [0.2, 0.25) is 0 Å². The van der Waals surface area contributed by atoms with E-state index in [4.69, 9.17) is 5.73 Å². The van der Waals surface area contributed by atoms with Gasteiger partial charge in [-0.05, 0) is 45.2 Å². The molecule has 2 atom stereocenters. The lowest BCUT2D eigenvalue weighted by Gasteiger charge is -2.19. The summed E-state index contributed by atoms with van der Waals surface area (Å²) in [5.74, 6) is 0.834. The van der Waals surface area contributed by atoms with Crippen LogP contribution >= 0.6 is 11.8 Å². The first-order valence-corrected chi connectivity index (χ1v) is 8.01. The van der Waals surface area contributed by atoms with Crippen LogP contribution in [0.1, 0.15) is 30.7 Å². The zero-order valence-electron chi connectivity index (χ0n) is 12.1. The number of thioether (sulfide) groups is 1. The third-order valence-electron chi connectivity index (χ3n) is 3.60. The minimum atomic E-state index is 0.0445. The third-order valence-corrected chi connectivity index (χ3v) is 4.45. The van der Waals surface area contributed by atoms with Gasteiger partial charge in [0, 0.05) is 17.4 Å². The Morgan fingerprint density at radius 2 is 2.10 bits per heavy atom. The summed E-state index contributed by atoms with van der Waals surface area (Å²) in [5, 5.41) is 3.75. The van der Waals surface area contributed by atoms with Crippen LogP contribution in [0.25, 0.3) is 0 Å². The first-order valence-electron chi connectivity index (χ1n) is 7.03. The minimum absolute atomic E-state index is 0.0445. The molecule has 1 aromatic rings. The largest absolute Gasteiger partial charge is 0.352 e. The highest BCUT2D eigenvalue weighted by Crippen LogP contribution is 2.24. The van der Waals surface area contributed by atoms with E-state index in [1.54, 1.807) is 0 Å². The number of hydrogen-bond acceptors (Lipinski definition) is 5. The Morgan fingerprint density at radius 1 is 1.40 bits per heavy atom. The van der Waals surface area contributed by atoms with Crippen LogP contribution in [0.5, 0.6) is 0 Å². The minimum Gasteiger partial charge on any atom is -0.352 e. The van der Waals surface area contributed by atoms with Gasteiger partial charge in [0.2, 0.25) is 5.91 Å². The number of carbonyl (C=O) groups is 1. The van der Waals surface area contributed by atoms with Crippen LogP contribution in [-0.2, 0) is 4.79 Å². The van der Waals surface area contributed by atoms with Gasteiger partial charge in [-0.1, -0.05) is 18.2 Å². The first kappa shape index (κ1) is 15.3. The van der Waals surface area contributed by atoms with Crippen LogP contribution < -0.4 is 11.1 Å². The van der Waals surface area contributed by atoms with E-state index in [1.165, 1.54) is 11.8 Å². The van der Waals surface area contributed by atoms with Gasteiger partial charge in [0.05, 0.1) is 5.75 Å². The van der Waals surface area contributed by atoms with E-state index in [0.717, 1.165) is 30.7 Å². The van der Waals surface area contributed by atoms with Crippen molar-refractivity contribution >= 4 is 17.7 Å². The zero-order valence-corrected chi connectivity index (χ0v) is 12.9. The van der Waals surface area contributed by atoms with Gasteiger partial charge >= 0.3 is 0 Å². The monoisotopic (exact) mass is 294 g/mol. The van der Waals surface area contributed by atoms with Gasteiger partial charge in [-0.15, -0.1) is 0 Å². The maximum Gasteiger partial charge on any atom is 0.230 e. The van der Waals surface area contributed by atoms with Gasteiger partial charge in [0.1, 0.15) is 0 Å². The Morgan fingerprint density at radius 3 is 2.75 bits per heavy atom. The summed E-state index contributed by atoms with van der Waals surface area (Å²) in [6, 6.07) is 2.17. The molecule has 1 aromatic heterocycles. The maximum absolute atomic E-state index is 12.0. The highest BCUT2D eigenvalue weighted by Gasteiger charge is 2.27. The smallest absolute Gasteiger partial charge is 0.230 e. The normalized spacial score (nSPS) is 21.9. The molecule has 1 saturated carbocycles. The molecule has 0 aromatic carbocycles. The van der Waals surface area contributed by atoms with Gasteiger partial charge in [-0.25, -0.2) is 9.97 Å². The molecule has 3 N–H and O–H groups in total. The number of amides is 1. The summed E-state index contributed by atoms with van der Waals surface area (Å²) in [7, 11) is 0. The SMILES string of the molecule is Cc1cc(C)nc(SCC(=O)NC2CCCC2CN)n1. The topological polar surface area (TPSA) is 80.9 Å². The number of nitrogens with one attached hydrogen (secondary N) is 1. The summed E-state index contributed by atoms with van der Waals surface area (Å²) in [6.07, 6.45) is 3.31. The Balaban J connectivity index is 1.83. The van der Waals surface area contributed by atoms with Crippen molar-refractivity contribution in [3.63, 3.8) is 0 Å². The Labute approximate surface area is 124 Å². The van der Waals surface area contributed by atoms with Gasteiger partial charge in [0.15, 0.2) is 5.16 Å². The van der Waals surface area contributed by atoms with Crippen LogP contribution in [0.3, 0.4) is 0 Å². The highest BCUT2D eigenvalue weighted by atomic mass is 32.2. The number of nitrogens with zero attached hydrogens (tertiary/aromatic N) is 2. The van der Waals surface area contributed by atoms with Crippen molar-refractivity contribution in [3.8, 4) is 0 Å². The molecule has 1 heterocycles. The number of aromatic nitrogens is 2. The third kappa shape index (κ3) is 4.18. The van der Waals surface area contributed by atoms with Crippen molar-refractivity contribution < 1.29 is 4.79 Å². The van der Waals surface area contributed by atoms with Crippen molar-refractivity contribution in [1.29, 1.82) is 0 Å². The van der Waals surface area contributed by atoms with E-state index in [-0.39, 0.29) is 11.9 Å². The molecule has 20 heavy (non-hydrogen) atoms. The zero-order chi connectivity index (χ0) is 14.5. The van der Waals surface area contributed by atoms with E-state index in [2.05, 4.69) is 15.3 Å². The molecule has 1 amide bonds. The van der Waals surface area contributed by atoms with E-state index >= 15 is 0 Å². The second kappa shape index (κ2) is 7.04. The number of aryl methyl sites for hydroxylation is 2. The van der Waals surface area contributed by atoms with Gasteiger partial charge in [-0.3, -0.25) is 4.79 Å². The van der Waals surface area contributed by atoms with Crippen LogP contribution in [0.4, 0.5) is 0 Å². The highest BCUT2D eigenvalue weighted by molar-refractivity contribution is 7.99. The molecule has 0 spiro atoms. The van der Waals surface area contributed by atoms with Crippen molar-refractivity contribution in [2.75, 3.05) is 12.3 Å². The van der Waals surface area contributed by atoms with Crippen molar-refractivity contribution in [2.45, 2.75) is 44.3 Å². The summed E-state index contributed by atoms with van der Waals surface area (Å²) in [6.45, 7) is 4.52. The van der Waals surface area contributed by atoms with Crippen LogP contribution in [0.15, 0.2) is 11.2 Å². The lowest BCUT2D eigenvalue weighted by atomic mass is 10.0. The second-order valence-corrected chi connectivity index (χ2v) is 6.27. The van der Waals surface area contributed by atoms with Crippen LogP contribution in [-0.4, -0.2) is 34.2 Å². The van der Waals surface area contributed by atoms with E-state index in [0.29, 0.717) is 23.4 Å². The molecule has 2 rings (SSSR count). The average Bonchev–Trinajstić information content (AvgIpc) is 2.82. The molecule has 0 bridgehead atoms. The molecule has 1 aliphatic carbocycles. The second-order valence-electron chi connectivity index (χ2n) is 5.32. The molecule has 5 nitrogen and oxygen atoms in total. The van der Waals surface area contributed by atoms with Crippen molar-refractivity contribution in [3.05, 3.63) is 17.5 Å². The van der Waals surface area contributed by atoms with Gasteiger partial charge in [0.25, 0.3) is 0 Å². The summed E-state index contributed by atoms with van der Waals surface area (Å²) in [4.78, 5) is 20.6. The molecule has 1 aliphatic rings. The Kier molecular flexibility index (Phi) is 5.37. The molecule has 0 aliphatic heterocycles. The predicted octanol–water partition coefficient (Wildman–Crippen LogP) is 1.43. The maximum atomic E-state index is 12.0. The Hall–Kier alpha value is -1.14. The summed E-state index contributed by atoms with van der Waals surface area (Å²) in [5.41, 5.74) is 7.58. The molecular formula is C14H22N4OS. The molecule has 2 unspecified atom stereocenters. The fraction of sp³-hybridized carbons (Fsp3) is 0.643. The molecular weight excluding hydrogens is 272 g/mol. The van der Waals surface area contributed by atoms with Gasteiger partial charge < -0.3 is 11.1 Å². The van der Waals surface area contributed by atoms with Crippen LogP contribution in [0, 0.1) is 19.8 Å². The fourth-order valence-corrected chi connectivity index (χ4v) is 3.41. The quantitative estimate of drug-likeness (QED) is 0.634. The molecule has 0 radical (unpaired) electrons. The lowest BCUT2D eigenvalue weighted by Crippen LogP contribution is -2.40. The van der Waals surface area contributed by atoms with E-state index in [1.807, 2.05) is 19.9 Å². The average molecular weight is 294 g/mol. The summed E-state index contributed by atoms with van der Waals surface area (Å²) < 4.78 is 0. The number of rotatable bonds is 5. The van der Waals surface area contributed by atoms with E-state index in [9.17, 15) is 4.79 Å². The molecule has 1 fully saturated rings. The molecule has 0 saturated heterocycles. The van der Waals surface area contributed by atoms with Crippen molar-refractivity contribution in [1.82, 2.24) is 15.3 Å². The van der Waals surface area contributed by atoms with Crippen molar-refractivity contribution in [2.24, 2.45) is 11.7 Å². The molecule has 6 heteroatoms. The number of carbonyl (C=O) groups excluding carboxylic acids is 1.